The molecule has 0 aliphatic heterocycles. The second kappa shape index (κ2) is 9.26. The Kier molecular flexibility index (Phi) is 6.53. The molecule has 3 heterocycles. The van der Waals surface area contributed by atoms with Crippen LogP contribution in [-0.4, -0.2) is 41.2 Å². The number of rotatable bonds is 8. The molecule has 3 aromatic rings. The van der Waals surface area contributed by atoms with E-state index in [1.165, 1.54) is 23.5 Å². The van der Waals surface area contributed by atoms with Gasteiger partial charge in [-0.05, 0) is 24.3 Å². The number of aromatic nitrogens is 3. The van der Waals surface area contributed by atoms with E-state index in [9.17, 15) is 9.18 Å². The van der Waals surface area contributed by atoms with Gasteiger partial charge in [0, 0.05) is 24.3 Å². The number of nitrogens with one attached hydrogen (secondary N) is 1. The maximum atomic E-state index is 12.9. The number of anilines is 1. The lowest BCUT2D eigenvalue weighted by molar-refractivity contribution is 0.0604. The quantitative estimate of drug-likeness (QED) is 0.597. The van der Waals surface area contributed by atoms with Crippen molar-refractivity contribution in [1.82, 2.24) is 15.0 Å². The largest absolute Gasteiger partial charge is 0.382 e. The Hall–Kier alpha value is -2.75. The summed E-state index contributed by atoms with van der Waals surface area (Å²) in [5.74, 6) is -0.954. The summed E-state index contributed by atoms with van der Waals surface area (Å²) >= 11 is 1.28. The molecular weight excluding hydrogens is 371 g/mol. The fourth-order valence-electron chi connectivity index (χ4n) is 2.22. The number of halogens is 1. The van der Waals surface area contributed by atoms with E-state index >= 15 is 0 Å². The number of amides is 1. The summed E-state index contributed by atoms with van der Waals surface area (Å²) < 4.78 is 23.4. The van der Waals surface area contributed by atoms with E-state index in [-0.39, 0.29) is 5.69 Å². The molecule has 0 unspecified atom stereocenters. The van der Waals surface area contributed by atoms with Crippen molar-refractivity contribution in [3.05, 3.63) is 59.2 Å². The second-order valence-corrected chi connectivity index (χ2v) is 6.25. The lowest BCUT2D eigenvalue weighted by Crippen LogP contribution is -2.13. The average Bonchev–Trinajstić information content (AvgIpc) is 3.14. The van der Waals surface area contributed by atoms with Crippen LogP contribution in [0.1, 0.15) is 16.2 Å². The fraction of sp³-hybridized carbons (Fsp3) is 0.222. The highest BCUT2D eigenvalue weighted by molar-refractivity contribution is 7.14. The van der Waals surface area contributed by atoms with Gasteiger partial charge in [-0.15, -0.1) is 11.3 Å². The molecule has 0 aliphatic carbocycles. The van der Waals surface area contributed by atoms with Gasteiger partial charge in [-0.3, -0.25) is 15.1 Å². The second-order valence-electron chi connectivity index (χ2n) is 5.40. The summed E-state index contributed by atoms with van der Waals surface area (Å²) in [6, 6.07) is 6.20. The number of hydrogen-bond acceptors (Lipinski definition) is 7. The number of carbonyl (C=O) groups is 1. The van der Waals surface area contributed by atoms with E-state index < -0.39 is 11.7 Å². The Labute approximate surface area is 159 Å². The van der Waals surface area contributed by atoms with Gasteiger partial charge >= 0.3 is 0 Å². The molecule has 0 atom stereocenters. The first-order chi connectivity index (χ1) is 13.2. The van der Waals surface area contributed by atoms with Crippen molar-refractivity contribution in [3.8, 4) is 11.3 Å². The number of carbonyl (C=O) groups excluding carboxylic acids is 1. The third-order valence-electron chi connectivity index (χ3n) is 3.52. The van der Waals surface area contributed by atoms with Gasteiger partial charge in [-0.1, -0.05) is 0 Å². The zero-order valence-corrected chi connectivity index (χ0v) is 15.3. The summed E-state index contributed by atoms with van der Waals surface area (Å²) in [5.41, 5.74) is 2.37. The minimum absolute atomic E-state index is 0.113. The third kappa shape index (κ3) is 5.13. The normalized spacial score (nSPS) is 10.7. The monoisotopic (exact) mass is 388 g/mol. The summed E-state index contributed by atoms with van der Waals surface area (Å²) in [6.45, 7) is 1.31. The van der Waals surface area contributed by atoms with Gasteiger partial charge < -0.3 is 9.47 Å². The molecule has 3 rings (SSSR count). The molecule has 1 N–H and O–H groups in total. The van der Waals surface area contributed by atoms with Crippen LogP contribution in [-0.2, 0) is 16.1 Å². The van der Waals surface area contributed by atoms with E-state index in [4.69, 9.17) is 9.47 Å². The topological polar surface area (TPSA) is 86.2 Å². The molecular formula is C18H17FN4O3S. The highest BCUT2D eigenvalue weighted by atomic mass is 32.1. The summed E-state index contributed by atoms with van der Waals surface area (Å²) in [4.78, 5) is 24.7. The molecule has 27 heavy (non-hydrogen) atoms. The molecule has 9 heteroatoms. The molecule has 140 valence electrons. The first-order valence-electron chi connectivity index (χ1n) is 8.06. The van der Waals surface area contributed by atoms with Crippen LogP contribution in [0, 0.1) is 5.82 Å². The van der Waals surface area contributed by atoms with Gasteiger partial charge in [0.2, 0.25) is 0 Å². The molecule has 3 aromatic heterocycles. The standard InChI is InChI=1S/C18H17FN4O3S/c1-25-7-8-26-10-15-13(3-2-6-20-15)16-11-27-18(22-16)23-17(24)14-5-4-12(19)9-21-14/h2-6,9,11H,7-8,10H2,1H3,(H,22,23,24). The van der Waals surface area contributed by atoms with Crippen LogP contribution in [0.25, 0.3) is 11.3 Å². The first-order valence-corrected chi connectivity index (χ1v) is 8.94. The van der Waals surface area contributed by atoms with Crippen LogP contribution in [0.2, 0.25) is 0 Å². The maximum Gasteiger partial charge on any atom is 0.276 e. The van der Waals surface area contributed by atoms with Crippen LogP contribution in [0.5, 0.6) is 0 Å². The van der Waals surface area contributed by atoms with Crippen molar-refractivity contribution in [2.75, 3.05) is 25.6 Å². The molecule has 0 saturated heterocycles. The average molecular weight is 388 g/mol. The maximum absolute atomic E-state index is 12.9. The van der Waals surface area contributed by atoms with Gasteiger partial charge in [-0.2, -0.15) is 0 Å². The molecule has 0 fully saturated rings. The molecule has 0 aromatic carbocycles. The Balaban J connectivity index is 1.70. The van der Waals surface area contributed by atoms with Crippen LogP contribution in [0.15, 0.2) is 42.0 Å². The molecule has 0 aliphatic rings. The van der Waals surface area contributed by atoms with Gasteiger partial charge in [0.15, 0.2) is 5.13 Å². The highest BCUT2D eigenvalue weighted by Crippen LogP contribution is 2.27. The number of methoxy groups -OCH3 is 1. The smallest absolute Gasteiger partial charge is 0.276 e. The van der Waals surface area contributed by atoms with Gasteiger partial charge in [0.1, 0.15) is 11.5 Å². The van der Waals surface area contributed by atoms with E-state index in [2.05, 4.69) is 20.3 Å². The van der Waals surface area contributed by atoms with Crippen molar-refractivity contribution in [1.29, 1.82) is 0 Å². The van der Waals surface area contributed by atoms with E-state index in [1.807, 2.05) is 17.5 Å². The molecule has 1 amide bonds. The van der Waals surface area contributed by atoms with Crippen LogP contribution < -0.4 is 5.32 Å². The molecule has 0 spiro atoms. The minimum atomic E-state index is -0.500. The molecule has 7 nitrogen and oxygen atoms in total. The summed E-state index contributed by atoms with van der Waals surface area (Å²) in [6.07, 6.45) is 2.68. The van der Waals surface area contributed by atoms with Crippen molar-refractivity contribution in [2.24, 2.45) is 0 Å². The number of nitrogens with zero attached hydrogens (tertiary/aromatic N) is 3. The van der Waals surface area contributed by atoms with E-state index in [1.54, 1.807) is 13.3 Å². The Bertz CT molecular complexity index is 902. The molecule has 0 bridgehead atoms. The number of thiazole rings is 1. The number of ether oxygens (including phenoxy) is 2. The summed E-state index contributed by atoms with van der Waals surface area (Å²) in [5, 5.41) is 4.90. The zero-order chi connectivity index (χ0) is 19.1. The third-order valence-corrected chi connectivity index (χ3v) is 4.28. The summed E-state index contributed by atoms with van der Waals surface area (Å²) in [7, 11) is 1.61. The van der Waals surface area contributed by atoms with Crippen LogP contribution in [0.3, 0.4) is 0 Å². The number of pyridine rings is 2. The highest BCUT2D eigenvalue weighted by Gasteiger charge is 2.13. The zero-order valence-electron chi connectivity index (χ0n) is 14.5. The SMILES string of the molecule is COCCOCc1ncccc1-c1csc(NC(=O)c2ccc(F)cn2)n1. The Morgan fingerprint density at radius 3 is 2.93 bits per heavy atom. The predicted molar refractivity (Wildman–Crippen MR) is 99.0 cm³/mol. The van der Waals surface area contributed by atoms with E-state index in [0.29, 0.717) is 30.6 Å². The minimum Gasteiger partial charge on any atom is -0.382 e. The molecule has 0 saturated carbocycles. The van der Waals surface area contributed by atoms with Crippen molar-refractivity contribution in [3.63, 3.8) is 0 Å². The lowest BCUT2D eigenvalue weighted by Gasteiger charge is -2.07. The van der Waals surface area contributed by atoms with Crippen molar-refractivity contribution < 1.29 is 18.7 Å². The van der Waals surface area contributed by atoms with E-state index in [0.717, 1.165) is 17.5 Å². The Morgan fingerprint density at radius 2 is 2.15 bits per heavy atom. The predicted octanol–water partition coefficient (Wildman–Crippen LogP) is 3.15. The molecule has 0 radical (unpaired) electrons. The lowest BCUT2D eigenvalue weighted by atomic mass is 10.1. The van der Waals surface area contributed by atoms with Gasteiger partial charge in [-0.25, -0.2) is 14.4 Å². The van der Waals surface area contributed by atoms with Crippen molar-refractivity contribution in [2.45, 2.75) is 6.61 Å². The van der Waals surface area contributed by atoms with Crippen LogP contribution >= 0.6 is 11.3 Å². The fourth-order valence-corrected chi connectivity index (χ4v) is 2.93. The van der Waals surface area contributed by atoms with Crippen LogP contribution in [0.4, 0.5) is 9.52 Å². The van der Waals surface area contributed by atoms with Gasteiger partial charge in [0.25, 0.3) is 5.91 Å². The number of hydrogen-bond donors (Lipinski definition) is 1. The first kappa shape index (κ1) is 19.0. The van der Waals surface area contributed by atoms with Crippen molar-refractivity contribution >= 4 is 22.4 Å². The van der Waals surface area contributed by atoms with Gasteiger partial charge in [0.05, 0.1) is 37.4 Å². The Morgan fingerprint density at radius 1 is 1.26 bits per heavy atom.